The summed E-state index contributed by atoms with van der Waals surface area (Å²) in [4.78, 5) is 47.4. The Balaban J connectivity index is 0. The van der Waals surface area contributed by atoms with Gasteiger partial charge in [0.2, 0.25) is 17.7 Å². The highest BCUT2D eigenvalue weighted by molar-refractivity contribution is 5.91. The van der Waals surface area contributed by atoms with E-state index in [1.54, 1.807) is 13.8 Å². The number of rotatable bonds is 24. The fourth-order valence-electron chi connectivity index (χ4n) is 2.95. The number of hydrogen-bond donors (Lipinski definition) is 6. The average molecular weight is 565 g/mol. The van der Waals surface area contributed by atoms with Crippen molar-refractivity contribution in [1.82, 2.24) is 21.3 Å². The minimum absolute atomic E-state index is 0.0607. The van der Waals surface area contributed by atoms with Crippen molar-refractivity contribution in [2.45, 2.75) is 59.0 Å². The highest BCUT2D eigenvalue weighted by atomic mass is 16.6. The lowest BCUT2D eigenvalue weighted by atomic mass is 10.0. The molecule has 39 heavy (non-hydrogen) atoms. The first-order valence-corrected chi connectivity index (χ1v) is 13.6. The average Bonchev–Trinajstić information content (AvgIpc) is 2.89. The molecule has 0 radical (unpaired) electrons. The number of urea groups is 1. The first-order chi connectivity index (χ1) is 18.7. The third kappa shape index (κ3) is 24.3. The lowest BCUT2D eigenvalue weighted by Crippen LogP contribution is -2.54. The van der Waals surface area contributed by atoms with Crippen LogP contribution in [0, 0.1) is 5.92 Å². The molecule has 0 saturated carbocycles. The van der Waals surface area contributed by atoms with E-state index in [0.717, 1.165) is 6.54 Å². The van der Waals surface area contributed by atoms with Gasteiger partial charge in [0.15, 0.2) is 0 Å². The van der Waals surface area contributed by atoms with E-state index in [1.807, 2.05) is 20.9 Å². The maximum atomic E-state index is 12.7. The van der Waals surface area contributed by atoms with Crippen LogP contribution in [0.3, 0.4) is 0 Å². The Morgan fingerprint density at radius 2 is 1.26 bits per heavy atom. The molecule has 8 N–H and O–H groups in total. The van der Waals surface area contributed by atoms with Gasteiger partial charge in [0.05, 0.1) is 52.9 Å². The zero-order valence-electron chi connectivity index (χ0n) is 24.3. The summed E-state index contributed by atoms with van der Waals surface area (Å²) in [6.07, 6.45) is 0.661. The second-order valence-electron chi connectivity index (χ2n) is 8.49. The fraction of sp³-hybridized carbons (Fsp3) is 0.840. The third-order valence-electron chi connectivity index (χ3n) is 4.98. The van der Waals surface area contributed by atoms with Gasteiger partial charge < -0.3 is 51.7 Å². The quantitative estimate of drug-likeness (QED) is 0.0814. The van der Waals surface area contributed by atoms with Crippen molar-refractivity contribution in [2.24, 2.45) is 17.4 Å². The summed E-state index contributed by atoms with van der Waals surface area (Å²) in [6, 6.07) is -2.47. The van der Waals surface area contributed by atoms with Gasteiger partial charge in [0.1, 0.15) is 12.1 Å². The highest BCUT2D eigenvalue weighted by Crippen LogP contribution is 2.05. The van der Waals surface area contributed by atoms with Gasteiger partial charge in [-0.05, 0) is 25.8 Å². The van der Waals surface area contributed by atoms with Crippen LogP contribution < -0.4 is 32.7 Å². The highest BCUT2D eigenvalue weighted by Gasteiger charge is 2.27. The first-order valence-electron chi connectivity index (χ1n) is 13.6. The maximum absolute atomic E-state index is 12.7. The molecule has 0 aliphatic carbocycles. The van der Waals surface area contributed by atoms with Crippen LogP contribution >= 0.6 is 0 Å². The lowest BCUT2D eigenvalue weighted by molar-refractivity contribution is -0.132. The van der Waals surface area contributed by atoms with Crippen molar-refractivity contribution >= 4 is 23.8 Å². The van der Waals surface area contributed by atoms with Crippen molar-refractivity contribution in [3.8, 4) is 0 Å². The largest absolute Gasteiger partial charge is 0.379 e. The number of primary amides is 2. The number of likely N-dealkylation sites (N-methyl/N-ethyl adjacent to an activating group) is 1. The molecular formula is C25H52N6O8. The van der Waals surface area contributed by atoms with Crippen LogP contribution in [-0.2, 0) is 33.3 Å². The number of ether oxygens (including phenoxy) is 4. The summed E-state index contributed by atoms with van der Waals surface area (Å²) in [5.41, 5.74) is 10.4. The smallest absolute Gasteiger partial charge is 0.312 e. The molecule has 0 saturated heterocycles. The van der Waals surface area contributed by atoms with E-state index in [1.165, 1.54) is 0 Å². The minimum atomic E-state index is -0.939. The molecule has 2 unspecified atom stereocenters. The molecule has 0 fully saturated rings. The lowest BCUT2D eigenvalue weighted by Gasteiger charge is -2.24. The molecule has 0 rings (SSSR count). The Kier molecular flexibility index (Phi) is 26.8. The van der Waals surface area contributed by atoms with Crippen LogP contribution in [0.25, 0.3) is 0 Å². The molecule has 0 spiro atoms. The van der Waals surface area contributed by atoms with Gasteiger partial charge in [-0.1, -0.05) is 27.7 Å². The molecule has 0 aliphatic heterocycles. The van der Waals surface area contributed by atoms with Crippen LogP contribution in [0.1, 0.15) is 47.0 Å². The van der Waals surface area contributed by atoms with Gasteiger partial charge in [0, 0.05) is 19.5 Å². The molecule has 0 aliphatic rings. The second-order valence-corrected chi connectivity index (χ2v) is 8.49. The van der Waals surface area contributed by atoms with Crippen LogP contribution in [0.2, 0.25) is 0 Å². The zero-order valence-corrected chi connectivity index (χ0v) is 24.3. The maximum Gasteiger partial charge on any atom is 0.312 e. The normalized spacial score (nSPS) is 12.2. The van der Waals surface area contributed by atoms with E-state index in [4.69, 9.17) is 30.4 Å². The van der Waals surface area contributed by atoms with Gasteiger partial charge in [0.25, 0.3) is 0 Å². The van der Waals surface area contributed by atoms with E-state index in [0.29, 0.717) is 52.7 Å². The summed E-state index contributed by atoms with van der Waals surface area (Å²) in [6.45, 7) is 12.0. The van der Waals surface area contributed by atoms with Gasteiger partial charge in [-0.2, -0.15) is 0 Å². The Morgan fingerprint density at radius 3 is 1.72 bits per heavy atom. The monoisotopic (exact) mass is 564 g/mol. The first kappa shape index (κ1) is 38.6. The van der Waals surface area contributed by atoms with Crippen LogP contribution in [0.4, 0.5) is 4.79 Å². The SMILES string of the molecule is CC.CNCCOCCOCCOCCOCCC(=O)NC(C(=O)NC(CCCNC(N)=O)C(N)=O)C(C)C. The predicted octanol–water partition coefficient (Wildman–Crippen LogP) is -0.752. The molecule has 2 atom stereocenters. The summed E-state index contributed by atoms with van der Waals surface area (Å²) in [5, 5.41) is 10.6. The van der Waals surface area contributed by atoms with E-state index in [9.17, 15) is 19.2 Å². The number of nitrogens with one attached hydrogen (secondary N) is 4. The molecule has 5 amide bonds. The summed E-state index contributed by atoms with van der Waals surface area (Å²) in [7, 11) is 1.86. The van der Waals surface area contributed by atoms with Crippen molar-refractivity contribution < 1.29 is 38.1 Å². The zero-order chi connectivity index (χ0) is 29.9. The van der Waals surface area contributed by atoms with Crippen LogP contribution in [0.15, 0.2) is 0 Å². The Morgan fingerprint density at radius 1 is 0.744 bits per heavy atom. The van der Waals surface area contributed by atoms with Gasteiger partial charge >= 0.3 is 6.03 Å². The molecule has 230 valence electrons. The molecular weight excluding hydrogens is 512 g/mol. The Bertz CT molecular complexity index is 654. The molecule has 0 aromatic carbocycles. The molecule has 0 heterocycles. The Hall–Kier alpha value is -2.52. The molecule has 14 nitrogen and oxygen atoms in total. The molecule has 0 bridgehead atoms. The van der Waals surface area contributed by atoms with E-state index < -0.39 is 29.9 Å². The summed E-state index contributed by atoms with van der Waals surface area (Å²) >= 11 is 0. The predicted molar refractivity (Wildman–Crippen MR) is 148 cm³/mol. The number of nitrogens with two attached hydrogens (primary N) is 2. The van der Waals surface area contributed by atoms with Crippen molar-refractivity contribution in [1.29, 1.82) is 0 Å². The topological polar surface area (TPSA) is 205 Å². The number of amides is 5. The van der Waals surface area contributed by atoms with Gasteiger partial charge in [-0.25, -0.2) is 4.79 Å². The summed E-state index contributed by atoms with van der Waals surface area (Å²) < 4.78 is 21.5. The van der Waals surface area contributed by atoms with Gasteiger partial charge in [-0.3, -0.25) is 14.4 Å². The minimum Gasteiger partial charge on any atom is -0.379 e. The van der Waals surface area contributed by atoms with Crippen molar-refractivity contribution in [2.75, 3.05) is 73.0 Å². The number of hydrogen-bond acceptors (Lipinski definition) is 9. The molecule has 0 aromatic heterocycles. The second kappa shape index (κ2) is 27.1. The van der Waals surface area contributed by atoms with Crippen LogP contribution in [0.5, 0.6) is 0 Å². The fourth-order valence-corrected chi connectivity index (χ4v) is 2.95. The van der Waals surface area contributed by atoms with E-state index in [-0.39, 0.29) is 37.8 Å². The van der Waals surface area contributed by atoms with Crippen molar-refractivity contribution in [3.05, 3.63) is 0 Å². The Labute approximate surface area is 232 Å². The van der Waals surface area contributed by atoms with Crippen LogP contribution in [-0.4, -0.2) is 109 Å². The van der Waals surface area contributed by atoms with Crippen molar-refractivity contribution in [3.63, 3.8) is 0 Å². The standard InChI is InChI=1S/C23H46N6O8.C2H6/c1-17(2)20(22(32)28-18(21(24)31)5-4-7-27-23(25)33)29-19(30)6-9-34-11-13-36-15-16-37-14-12-35-10-8-26-3;1-2/h17-18,20,26H,4-16H2,1-3H3,(H2,24,31)(H,28,32)(H,29,30)(H3,25,27,33);1-2H3. The number of carbonyl (C=O) groups is 4. The van der Waals surface area contributed by atoms with E-state index >= 15 is 0 Å². The third-order valence-corrected chi connectivity index (χ3v) is 4.98. The molecule has 14 heteroatoms. The van der Waals surface area contributed by atoms with Gasteiger partial charge in [-0.15, -0.1) is 0 Å². The van der Waals surface area contributed by atoms with E-state index in [2.05, 4.69) is 21.3 Å². The summed E-state index contributed by atoms with van der Waals surface area (Å²) in [5.74, 6) is -1.82. The number of carbonyl (C=O) groups excluding carboxylic acids is 4. The molecule has 0 aromatic rings.